The van der Waals surface area contributed by atoms with Crippen molar-refractivity contribution >= 4 is 17.6 Å². The van der Waals surface area contributed by atoms with Crippen molar-refractivity contribution in [3.8, 4) is 5.75 Å². The lowest BCUT2D eigenvalue weighted by atomic mass is 10.1. The van der Waals surface area contributed by atoms with Crippen molar-refractivity contribution in [3.63, 3.8) is 0 Å². The lowest BCUT2D eigenvalue weighted by Crippen LogP contribution is -2.12. The van der Waals surface area contributed by atoms with Gasteiger partial charge in [0.2, 0.25) is 0 Å². The van der Waals surface area contributed by atoms with Gasteiger partial charge in [-0.2, -0.15) is 0 Å². The smallest absolute Gasteiger partial charge is 0.337 e. The molecule has 3 aromatic carbocycles. The van der Waals surface area contributed by atoms with E-state index in [0.29, 0.717) is 29.2 Å². The number of nitrogens with one attached hydrogen (secondary N) is 1. The Morgan fingerprint density at radius 2 is 1.59 bits per heavy atom. The monoisotopic (exact) mass is 361 g/mol. The van der Waals surface area contributed by atoms with E-state index >= 15 is 0 Å². The van der Waals surface area contributed by atoms with E-state index in [1.165, 1.54) is 7.11 Å². The van der Waals surface area contributed by atoms with Crippen LogP contribution in [0.15, 0.2) is 78.9 Å². The third-order valence-electron chi connectivity index (χ3n) is 3.91. The van der Waals surface area contributed by atoms with Crippen molar-refractivity contribution in [3.05, 3.63) is 95.6 Å². The molecule has 1 N–H and O–H groups in total. The maximum atomic E-state index is 12.4. The van der Waals surface area contributed by atoms with Crippen LogP contribution in [0.1, 0.15) is 26.3 Å². The molecule has 0 aromatic heterocycles. The molecule has 0 bridgehead atoms. The fourth-order valence-electron chi connectivity index (χ4n) is 2.49. The van der Waals surface area contributed by atoms with Gasteiger partial charge in [-0.05, 0) is 48.0 Å². The molecular weight excluding hydrogens is 342 g/mol. The third kappa shape index (κ3) is 4.95. The van der Waals surface area contributed by atoms with Gasteiger partial charge in [-0.1, -0.05) is 36.4 Å². The zero-order valence-corrected chi connectivity index (χ0v) is 14.8. The first-order valence-electron chi connectivity index (χ1n) is 8.42. The second-order valence-electron chi connectivity index (χ2n) is 5.83. The molecule has 0 aliphatic carbocycles. The molecule has 0 fully saturated rings. The summed E-state index contributed by atoms with van der Waals surface area (Å²) in [7, 11) is 1.31. The molecule has 5 heteroatoms. The van der Waals surface area contributed by atoms with Crippen molar-refractivity contribution < 1.29 is 19.1 Å². The maximum Gasteiger partial charge on any atom is 0.337 e. The SMILES string of the molecule is COC(=O)c1cccc(NC(=O)c2ccc(OCc3ccccc3)cc2)c1. The first-order chi connectivity index (χ1) is 13.2. The summed E-state index contributed by atoms with van der Waals surface area (Å²) in [6.07, 6.45) is 0. The van der Waals surface area contributed by atoms with E-state index in [1.807, 2.05) is 30.3 Å². The van der Waals surface area contributed by atoms with Gasteiger partial charge in [0.05, 0.1) is 12.7 Å². The Morgan fingerprint density at radius 3 is 2.30 bits per heavy atom. The van der Waals surface area contributed by atoms with E-state index in [1.54, 1.807) is 48.5 Å². The number of methoxy groups -OCH3 is 1. The number of anilines is 1. The van der Waals surface area contributed by atoms with E-state index in [-0.39, 0.29) is 5.91 Å². The number of benzene rings is 3. The van der Waals surface area contributed by atoms with Crippen molar-refractivity contribution in [1.29, 1.82) is 0 Å². The highest BCUT2D eigenvalue weighted by atomic mass is 16.5. The van der Waals surface area contributed by atoms with Crippen LogP contribution in [-0.4, -0.2) is 19.0 Å². The Labute approximate surface area is 157 Å². The topological polar surface area (TPSA) is 64.6 Å². The molecule has 136 valence electrons. The predicted molar refractivity (Wildman–Crippen MR) is 103 cm³/mol. The fraction of sp³-hybridized carbons (Fsp3) is 0.0909. The van der Waals surface area contributed by atoms with Crippen LogP contribution in [0, 0.1) is 0 Å². The third-order valence-corrected chi connectivity index (χ3v) is 3.91. The normalized spacial score (nSPS) is 10.1. The Bertz CT molecular complexity index is 921. The van der Waals surface area contributed by atoms with Gasteiger partial charge in [0.25, 0.3) is 5.91 Å². The summed E-state index contributed by atoms with van der Waals surface area (Å²) in [4.78, 5) is 24.0. The zero-order valence-electron chi connectivity index (χ0n) is 14.8. The molecule has 0 atom stereocenters. The van der Waals surface area contributed by atoms with Gasteiger partial charge in [-0.25, -0.2) is 4.79 Å². The standard InChI is InChI=1S/C22H19NO4/c1-26-22(25)18-8-5-9-19(14-18)23-21(24)17-10-12-20(13-11-17)27-15-16-6-3-2-4-7-16/h2-14H,15H2,1H3,(H,23,24). The average Bonchev–Trinajstić information content (AvgIpc) is 2.73. The van der Waals surface area contributed by atoms with Gasteiger partial charge in [0.15, 0.2) is 0 Å². The summed E-state index contributed by atoms with van der Waals surface area (Å²) in [5, 5.41) is 2.77. The van der Waals surface area contributed by atoms with Crippen LogP contribution in [0.4, 0.5) is 5.69 Å². The number of amides is 1. The lowest BCUT2D eigenvalue weighted by molar-refractivity contribution is 0.0600. The Hall–Kier alpha value is -3.60. The van der Waals surface area contributed by atoms with Crippen LogP contribution < -0.4 is 10.1 Å². The van der Waals surface area contributed by atoms with Crippen LogP contribution in [0.25, 0.3) is 0 Å². The average molecular weight is 361 g/mol. The highest BCUT2D eigenvalue weighted by molar-refractivity contribution is 6.04. The number of ether oxygens (including phenoxy) is 2. The van der Waals surface area contributed by atoms with Crippen molar-refractivity contribution in [2.45, 2.75) is 6.61 Å². The maximum absolute atomic E-state index is 12.4. The quantitative estimate of drug-likeness (QED) is 0.665. The number of carbonyl (C=O) groups is 2. The molecular formula is C22H19NO4. The van der Waals surface area contributed by atoms with Gasteiger partial charge >= 0.3 is 5.97 Å². The minimum Gasteiger partial charge on any atom is -0.489 e. The van der Waals surface area contributed by atoms with Crippen LogP contribution in [0.3, 0.4) is 0 Å². The number of carbonyl (C=O) groups excluding carboxylic acids is 2. The summed E-state index contributed by atoms with van der Waals surface area (Å²) in [6, 6.07) is 23.3. The van der Waals surface area contributed by atoms with Crippen molar-refractivity contribution in [2.75, 3.05) is 12.4 Å². The van der Waals surface area contributed by atoms with Gasteiger partial charge < -0.3 is 14.8 Å². The van der Waals surface area contributed by atoms with Crippen LogP contribution in [0.2, 0.25) is 0 Å². The highest BCUT2D eigenvalue weighted by Gasteiger charge is 2.09. The molecule has 0 aliphatic rings. The molecule has 1 amide bonds. The van der Waals surface area contributed by atoms with E-state index in [9.17, 15) is 9.59 Å². The summed E-state index contributed by atoms with van der Waals surface area (Å²) in [6.45, 7) is 0.465. The fourth-order valence-corrected chi connectivity index (χ4v) is 2.49. The lowest BCUT2D eigenvalue weighted by Gasteiger charge is -2.09. The van der Waals surface area contributed by atoms with Crippen molar-refractivity contribution in [1.82, 2.24) is 0 Å². The molecule has 5 nitrogen and oxygen atoms in total. The first-order valence-corrected chi connectivity index (χ1v) is 8.42. The predicted octanol–water partition coefficient (Wildman–Crippen LogP) is 4.30. The Balaban J connectivity index is 1.61. The molecule has 0 unspecified atom stereocenters. The molecule has 0 saturated carbocycles. The largest absolute Gasteiger partial charge is 0.489 e. The molecule has 0 spiro atoms. The summed E-state index contributed by atoms with van der Waals surface area (Å²) in [5.41, 5.74) is 2.46. The first kappa shape index (κ1) is 18.2. The Kier molecular flexibility index (Phi) is 5.84. The van der Waals surface area contributed by atoms with E-state index in [0.717, 1.165) is 5.56 Å². The van der Waals surface area contributed by atoms with E-state index in [4.69, 9.17) is 4.74 Å². The van der Waals surface area contributed by atoms with Crippen LogP contribution in [0.5, 0.6) is 5.75 Å². The second kappa shape index (κ2) is 8.67. The van der Waals surface area contributed by atoms with E-state index in [2.05, 4.69) is 10.1 Å². The molecule has 3 rings (SSSR count). The Morgan fingerprint density at radius 1 is 0.852 bits per heavy atom. The highest BCUT2D eigenvalue weighted by Crippen LogP contribution is 2.17. The second-order valence-corrected chi connectivity index (χ2v) is 5.83. The van der Waals surface area contributed by atoms with E-state index < -0.39 is 5.97 Å². The molecule has 0 radical (unpaired) electrons. The minimum atomic E-state index is -0.453. The van der Waals surface area contributed by atoms with Gasteiger partial charge in [0, 0.05) is 11.3 Å². The molecule has 0 saturated heterocycles. The number of rotatable bonds is 6. The summed E-state index contributed by atoms with van der Waals surface area (Å²) in [5.74, 6) is -0.0410. The minimum absolute atomic E-state index is 0.272. The van der Waals surface area contributed by atoms with Crippen molar-refractivity contribution in [2.24, 2.45) is 0 Å². The van der Waals surface area contributed by atoms with Gasteiger partial charge in [0.1, 0.15) is 12.4 Å². The van der Waals surface area contributed by atoms with Crippen LogP contribution >= 0.6 is 0 Å². The van der Waals surface area contributed by atoms with Crippen LogP contribution in [-0.2, 0) is 11.3 Å². The molecule has 0 heterocycles. The zero-order chi connectivity index (χ0) is 19.1. The molecule has 27 heavy (non-hydrogen) atoms. The molecule has 0 aliphatic heterocycles. The molecule has 3 aromatic rings. The number of esters is 1. The number of hydrogen-bond donors (Lipinski definition) is 1. The van der Waals surface area contributed by atoms with Gasteiger partial charge in [-0.15, -0.1) is 0 Å². The summed E-state index contributed by atoms with van der Waals surface area (Å²) < 4.78 is 10.4. The number of hydrogen-bond acceptors (Lipinski definition) is 4. The summed E-state index contributed by atoms with van der Waals surface area (Å²) >= 11 is 0. The van der Waals surface area contributed by atoms with Gasteiger partial charge in [-0.3, -0.25) is 4.79 Å².